The van der Waals surface area contributed by atoms with Crippen molar-refractivity contribution in [2.75, 3.05) is 4.72 Å². The minimum atomic E-state index is -4.04. The van der Waals surface area contributed by atoms with Crippen LogP contribution in [0.1, 0.15) is 15.9 Å². The van der Waals surface area contributed by atoms with Crippen LogP contribution in [0.25, 0.3) is 0 Å². The van der Waals surface area contributed by atoms with Gasteiger partial charge in [0.05, 0.1) is 9.82 Å². The van der Waals surface area contributed by atoms with Crippen molar-refractivity contribution in [3.05, 3.63) is 100 Å². The number of benzene rings is 3. The first-order chi connectivity index (χ1) is 12.9. The first kappa shape index (κ1) is 18.3. The van der Waals surface area contributed by atoms with E-state index in [1.54, 1.807) is 42.5 Å². The Balaban J connectivity index is 1.89. The third kappa shape index (κ3) is 4.18. The zero-order valence-corrected chi connectivity index (χ0v) is 14.7. The fraction of sp³-hybridized carbons (Fsp3) is 0. The van der Waals surface area contributed by atoms with Crippen molar-refractivity contribution in [3.8, 4) is 0 Å². The molecule has 3 rings (SSSR count). The predicted molar refractivity (Wildman–Crippen MR) is 100 cm³/mol. The molecule has 0 amide bonds. The maximum atomic E-state index is 12.5. The third-order valence-corrected chi connectivity index (χ3v) is 5.13. The van der Waals surface area contributed by atoms with Crippen molar-refractivity contribution in [1.82, 2.24) is 0 Å². The van der Waals surface area contributed by atoms with E-state index in [0.29, 0.717) is 11.1 Å². The van der Waals surface area contributed by atoms with Crippen LogP contribution in [-0.2, 0) is 10.0 Å². The van der Waals surface area contributed by atoms with Crippen LogP contribution < -0.4 is 4.72 Å². The van der Waals surface area contributed by atoms with E-state index in [1.165, 1.54) is 30.3 Å². The molecule has 7 nitrogen and oxygen atoms in total. The minimum Gasteiger partial charge on any atom is -0.289 e. The van der Waals surface area contributed by atoms with Gasteiger partial charge in [0, 0.05) is 28.9 Å². The van der Waals surface area contributed by atoms with Crippen molar-refractivity contribution in [2.45, 2.75) is 4.90 Å². The summed E-state index contributed by atoms with van der Waals surface area (Å²) in [6.07, 6.45) is 0. The van der Waals surface area contributed by atoms with Gasteiger partial charge in [-0.15, -0.1) is 0 Å². The van der Waals surface area contributed by atoms with E-state index in [4.69, 9.17) is 0 Å². The molecular weight excluding hydrogens is 368 g/mol. The molecule has 0 aromatic heterocycles. The average Bonchev–Trinajstić information content (AvgIpc) is 2.68. The Morgan fingerprint density at radius 2 is 1.52 bits per heavy atom. The van der Waals surface area contributed by atoms with Crippen molar-refractivity contribution in [2.24, 2.45) is 0 Å². The van der Waals surface area contributed by atoms with Gasteiger partial charge in [-0.05, 0) is 18.2 Å². The monoisotopic (exact) mass is 382 g/mol. The van der Waals surface area contributed by atoms with E-state index in [0.717, 1.165) is 6.07 Å². The van der Waals surface area contributed by atoms with Crippen molar-refractivity contribution in [3.63, 3.8) is 0 Å². The highest BCUT2D eigenvalue weighted by atomic mass is 32.2. The second-order valence-electron chi connectivity index (χ2n) is 5.64. The second-order valence-corrected chi connectivity index (χ2v) is 7.32. The number of nitro groups is 1. The number of nitrogens with one attached hydrogen (secondary N) is 1. The molecule has 0 saturated heterocycles. The summed E-state index contributed by atoms with van der Waals surface area (Å²) in [4.78, 5) is 22.4. The third-order valence-electron chi connectivity index (χ3n) is 3.75. The van der Waals surface area contributed by atoms with Crippen LogP contribution in [0.15, 0.2) is 83.8 Å². The summed E-state index contributed by atoms with van der Waals surface area (Å²) in [5.41, 5.74) is 0.658. The molecule has 0 heterocycles. The number of hydrogen-bond acceptors (Lipinski definition) is 5. The summed E-state index contributed by atoms with van der Waals surface area (Å²) in [7, 11) is -4.04. The highest BCUT2D eigenvalue weighted by Gasteiger charge is 2.18. The van der Waals surface area contributed by atoms with E-state index in [-0.39, 0.29) is 22.1 Å². The Bertz CT molecular complexity index is 1110. The number of ketones is 1. The molecule has 3 aromatic carbocycles. The Morgan fingerprint density at radius 3 is 2.22 bits per heavy atom. The zero-order valence-electron chi connectivity index (χ0n) is 13.9. The number of hydrogen-bond donors (Lipinski definition) is 1. The second kappa shape index (κ2) is 7.38. The largest absolute Gasteiger partial charge is 0.289 e. The molecule has 0 fully saturated rings. The minimum absolute atomic E-state index is 0.184. The summed E-state index contributed by atoms with van der Waals surface area (Å²) < 4.78 is 27.4. The fourth-order valence-corrected chi connectivity index (χ4v) is 3.55. The topological polar surface area (TPSA) is 106 Å². The van der Waals surface area contributed by atoms with Crippen molar-refractivity contribution >= 4 is 27.2 Å². The molecule has 27 heavy (non-hydrogen) atoms. The molecule has 0 radical (unpaired) electrons. The summed E-state index contributed by atoms with van der Waals surface area (Å²) >= 11 is 0. The summed E-state index contributed by atoms with van der Waals surface area (Å²) in [5.74, 6) is -0.244. The standard InChI is InChI=1S/C19H14N2O5S/c22-19(14-6-2-1-3-7-14)15-8-4-9-16(12-15)20-27(25,26)18-11-5-10-17(13-18)21(23)24/h1-13,20H. The van der Waals surface area contributed by atoms with Crippen LogP contribution in [0.3, 0.4) is 0 Å². The number of rotatable bonds is 6. The quantitative estimate of drug-likeness (QED) is 0.398. The molecule has 1 N–H and O–H groups in total. The number of carbonyl (C=O) groups is 1. The van der Waals surface area contributed by atoms with Crippen molar-refractivity contribution in [1.29, 1.82) is 0 Å². The van der Waals surface area contributed by atoms with Gasteiger partial charge in [0.25, 0.3) is 15.7 Å². The van der Waals surface area contributed by atoms with E-state index in [2.05, 4.69) is 4.72 Å². The molecule has 0 saturated carbocycles. The van der Waals surface area contributed by atoms with Gasteiger partial charge in [-0.3, -0.25) is 19.6 Å². The first-order valence-corrected chi connectivity index (χ1v) is 9.32. The molecule has 0 aliphatic carbocycles. The van der Waals surface area contributed by atoms with Gasteiger partial charge < -0.3 is 0 Å². The summed E-state index contributed by atoms with van der Waals surface area (Å²) in [6.45, 7) is 0. The number of anilines is 1. The highest BCUT2D eigenvalue weighted by Crippen LogP contribution is 2.22. The van der Waals surface area contributed by atoms with Crippen LogP contribution >= 0.6 is 0 Å². The van der Waals surface area contributed by atoms with Crippen LogP contribution in [0, 0.1) is 10.1 Å². The zero-order chi connectivity index (χ0) is 19.4. The summed E-state index contributed by atoms with van der Waals surface area (Å²) in [6, 6.07) is 19.4. The van der Waals surface area contributed by atoms with E-state index in [1.807, 2.05) is 0 Å². The van der Waals surface area contributed by atoms with Crippen LogP contribution in [0.5, 0.6) is 0 Å². The number of nitro benzene ring substituents is 1. The van der Waals surface area contributed by atoms with Crippen LogP contribution in [0.4, 0.5) is 11.4 Å². The first-order valence-electron chi connectivity index (χ1n) is 7.84. The maximum Gasteiger partial charge on any atom is 0.270 e. The summed E-state index contributed by atoms with van der Waals surface area (Å²) in [5, 5.41) is 10.8. The molecule has 0 atom stereocenters. The number of sulfonamides is 1. The lowest BCUT2D eigenvalue weighted by molar-refractivity contribution is -0.385. The normalized spacial score (nSPS) is 11.0. The molecule has 0 spiro atoms. The molecule has 0 unspecified atom stereocenters. The molecule has 0 bridgehead atoms. The molecule has 0 aliphatic rings. The number of non-ortho nitro benzene ring substituents is 1. The van der Waals surface area contributed by atoms with Gasteiger partial charge >= 0.3 is 0 Å². The van der Waals surface area contributed by atoms with E-state index >= 15 is 0 Å². The SMILES string of the molecule is O=C(c1ccccc1)c1cccc(NS(=O)(=O)c2cccc([N+](=O)[O-])c2)c1. The molecule has 3 aromatic rings. The van der Waals surface area contributed by atoms with Gasteiger partial charge in [0.15, 0.2) is 5.78 Å². The van der Waals surface area contributed by atoms with Crippen molar-refractivity contribution < 1.29 is 18.1 Å². The lowest BCUT2D eigenvalue weighted by Crippen LogP contribution is -2.13. The van der Waals surface area contributed by atoms with Gasteiger partial charge in [-0.25, -0.2) is 8.42 Å². The lowest BCUT2D eigenvalue weighted by Gasteiger charge is -2.09. The Hall–Kier alpha value is -3.52. The molecule has 136 valence electrons. The molecular formula is C19H14N2O5S. The number of nitrogens with zero attached hydrogens (tertiary/aromatic N) is 1. The van der Waals surface area contributed by atoms with Gasteiger partial charge in [-0.2, -0.15) is 0 Å². The van der Waals surface area contributed by atoms with Gasteiger partial charge in [0.2, 0.25) is 0 Å². The smallest absolute Gasteiger partial charge is 0.270 e. The lowest BCUT2D eigenvalue weighted by atomic mass is 10.0. The Labute approximate surface area is 155 Å². The highest BCUT2D eigenvalue weighted by molar-refractivity contribution is 7.92. The molecule has 0 aliphatic heterocycles. The van der Waals surface area contributed by atoms with Gasteiger partial charge in [0.1, 0.15) is 0 Å². The fourth-order valence-electron chi connectivity index (χ4n) is 2.46. The predicted octanol–water partition coefficient (Wildman–Crippen LogP) is 3.63. The number of carbonyl (C=O) groups excluding carboxylic acids is 1. The average molecular weight is 382 g/mol. The maximum absolute atomic E-state index is 12.5. The van der Waals surface area contributed by atoms with Crippen LogP contribution in [-0.4, -0.2) is 19.1 Å². The molecule has 8 heteroatoms. The van der Waals surface area contributed by atoms with Gasteiger partial charge in [-0.1, -0.05) is 48.5 Å². The Morgan fingerprint density at radius 1 is 0.852 bits per heavy atom. The van der Waals surface area contributed by atoms with E-state index < -0.39 is 14.9 Å². The van der Waals surface area contributed by atoms with E-state index in [9.17, 15) is 23.3 Å². The van der Waals surface area contributed by atoms with Crippen LogP contribution in [0.2, 0.25) is 0 Å². The Kier molecular flexibility index (Phi) is 5.00.